The molecule has 1 aromatic heterocycles. The van der Waals surface area contributed by atoms with Crippen LogP contribution in [0.3, 0.4) is 0 Å². The molecular formula is C44H42O4S. The number of ether oxygens (including phenoxy) is 4. The van der Waals surface area contributed by atoms with Gasteiger partial charge in [-0.05, 0) is 70.0 Å². The smallest absolute Gasteiger partial charge is 0.125 e. The first-order valence-corrected chi connectivity index (χ1v) is 17.8. The topological polar surface area (TPSA) is 36.9 Å². The van der Waals surface area contributed by atoms with Crippen LogP contribution < -0.4 is 4.74 Å². The Kier molecular flexibility index (Phi) is 10.6. The van der Waals surface area contributed by atoms with Gasteiger partial charge in [0.15, 0.2) is 0 Å². The molecule has 0 N–H and O–H groups in total. The van der Waals surface area contributed by atoms with Crippen LogP contribution in [-0.4, -0.2) is 18.8 Å². The molecule has 0 amide bonds. The van der Waals surface area contributed by atoms with Gasteiger partial charge in [0.25, 0.3) is 0 Å². The predicted octanol–water partition coefficient (Wildman–Crippen LogP) is 10.9. The molecule has 5 heteroatoms. The largest absolute Gasteiger partial charge is 0.489 e. The van der Waals surface area contributed by atoms with E-state index in [0.29, 0.717) is 32.8 Å². The van der Waals surface area contributed by atoms with E-state index in [9.17, 15) is 0 Å². The monoisotopic (exact) mass is 666 g/mol. The van der Waals surface area contributed by atoms with E-state index in [-0.39, 0.29) is 18.3 Å². The second-order valence-electron chi connectivity index (χ2n) is 12.7. The fourth-order valence-corrected chi connectivity index (χ4v) is 7.53. The molecular weight excluding hydrogens is 625 g/mol. The average molecular weight is 667 g/mol. The zero-order valence-electron chi connectivity index (χ0n) is 27.9. The van der Waals surface area contributed by atoms with Gasteiger partial charge in [-0.3, -0.25) is 0 Å². The van der Waals surface area contributed by atoms with Crippen molar-refractivity contribution in [2.24, 2.45) is 0 Å². The maximum Gasteiger partial charge on any atom is 0.125 e. The van der Waals surface area contributed by atoms with Gasteiger partial charge in [-0.25, -0.2) is 0 Å². The highest BCUT2D eigenvalue weighted by Gasteiger charge is 2.33. The lowest BCUT2D eigenvalue weighted by Gasteiger charge is -2.36. The number of benzene rings is 5. The number of thiophene rings is 1. The number of rotatable bonds is 13. The SMILES string of the molecule is C=C(c1cc2ccccc2s1)c1cc(C2CC(OCc3ccccc3)CC(COCc3ccccc3)O2)c(OCc2ccccc2)cc1C. The van der Waals surface area contributed by atoms with Crippen molar-refractivity contribution in [3.05, 3.63) is 178 Å². The molecule has 1 aliphatic heterocycles. The van der Waals surface area contributed by atoms with Crippen LogP contribution in [0.5, 0.6) is 5.75 Å². The molecule has 6 aromatic rings. The van der Waals surface area contributed by atoms with Gasteiger partial charge in [-0.15, -0.1) is 11.3 Å². The summed E-state index contributed by atoms with van der Waals surface area (Å²) in [7, 11) is 0. The molecule has 5 aromatic carbocycles. The molecule has 0 bridgehead atoms. The summed E-state index contributed by atoms with van der Waals surface area (Å²) in [5, 5.41) is 1.23. The van der Waals surface area contributed by atoms with E-state index in [4.69, 9.17) is 18.9 Å². The minimum atomic E-state index is -0.250. The number of hydrogen-bond donors (Lipinski definition) is 0. The molecule has 1 fully saturated rings. The van der Waals surface area contributed by atoms with E-state index in [2.05, 4.69) is 104 Å². The third kappa shape index (κ3) is 8.38. The van der Waals surface area contributed by atoms with Crippen molar-refractivity contribution in [1.82, 2.24) is 0 Å². The maximum absolute atomic E-state index is 6.90. The number of hydrogen-bond acceptors (Lipinski definition) is 5. The molecule has 248 valence electrons. The third-order valence-electron chi connectivity index (χ3n) is 9.09. The van der Waals surface area contributed by atoms with Crippen molar-refractivity contribution in [1.29, 1.82) is 0 Å². The quantitative estimate of drug-likeness (QED) is 0.123. The van der Waals surface area contributed by atoms with Gasteiger partial charge in [0, 0.05) is 28.0 Å². The maximum atomic E-state index is 6.90. The fraction of sp³-hybridized carbons (Fsp3) is 0.227. The Labute approximate surface area is 293 Å². The highest BCUT2D eigenvalue weighted by molar-refractivity contribution is 7.20. The lowest BCUT2D eigenvalue weighted by Crippen LogP contribution is -2.36. The Bertz CT molecular complexity index is 1940. The summed E-state index contributed by atoms with van der Waals surface area (Å²) < 4.78 is 27.6. The molecule has 2 heterocycles. The van der Waals surface area contributed by atoms with Crippen LogP contribution >= 0.6 is 11.3 Å². The number of aryl methyl sites for hydroxylation is 1. The van der Waals surface area contributed by atoms with Gasteiger partial charge in [0.1, 0.15) is 12.4 Å². The van der Waals surface area contributed by atoms with Crippen LogP contribution in [0.2, 0.25) is 0 Å². The second kappa shape index (κ2) is 15.8. The summed E-state index contributed by atoms with van der Waals surface area (Å²) in [5.41, 5.74) is 7.65. The molecule has 1 saturated heterocycles. The van der Waals surface area contributed by atoms with Crippen molar-refractivity contribution in [3.8, 4) is 5.75 Å². The van der Waals surface area contributed by atoms with E-state index in [1.54, 1.807) is 11.3 Å². The molecule has 3 unspecified atom stereocenters. The van der Waals surface area contributed by atoms with E-state index < -0.39 is 0 Å². The predicted molar refractivity (Wildman–Crippen MR) is 200 cm³/mol. The zero-order valence-corrected chi connectivity index (χ0v) is 28.7. The lowest BCUT2D eigenvalue weighted by molar-refractivity contribution is -0.142. The summed E-state index contributed by atoms with van der Waals surface area (Å²) in [5.74, 6) is 0.826. The summed E-state index contributed by atoms with van der Waals surface area (Å²) >= 11 is 1.78. The second-order valence-corrected chi connectivity index (χ2v) is 13.8. The van der Waals surface area contributed by atoms with Crippen LogP contribution in [0.4, 0.5) is 0 Å². The van der Waals surface area contributed by atoms with Crippen molar-refractivity contribution >= 4 is 27.0 Å². The van der Waals surface area contributed by atoms with Crippen LogP contribution in [0, 0.1) is 6.92 Å². The summed E-state index contributed by atoms with van der Waals surface area (Å²) in [6, 6.07) is 46.1. The Morgan fingerprint density at radius 1 is 0.735 bits per heavy atom. The lowest BCUT2D eigenvalue weighted by atomic mass is 9.90. The van der Waals surface area contributed by atoms with E-state index in [1.807, 2.05) is 42.5 Å². The molecule has 3 atom stereocenters. The summed E-state index contributed by atoms with van der Waals surface area (Å²) in [4.78, 5) is 1.16. The number of fused-ring (bicyclic) bond motifs is 1. The molecule has 4 nitrogen and oxygen atoms in total. The van der Waals surface area contributed by atoms with Gasteiger partial charge in [-0.1, -0.05) is 116 Å². The first-order chi connectivity index (χ1) is 24.1. The normalized spacial score (nSPS) is 17.6. The van der Waals surface area contributed by atoms with Crippen LogP contribution in [0.25, 0.3) is 15.7 Å². The van der Waals surface area contributed by atoms with Crippen LogP contribution in [0.15, 0.2) is 140 Å². The van der Waals surface area contributed by atoms with Crippen LogP contribution in [0.1, 0.15) is 57.2 Å². The van der Waals surface area contributed by atoms with Crippen molar-refractivity contribution in [2.45, 2.75) is 57.9 Å². The standard InChI is InChI=1S/C44H42O4S/c1-31-22-41(47-29-35-18-10-5-11-19-35)40(26-39(31)32(2)44-23-36-20-12-13-21-43(36)49-44)42-25-37(46-28-34-16-8-4-9-17-34)24-38(48-42)30-45-27-33-14-6-3-7-15-33/h3-23,26,37-38,42H,2,24-25,27-30H2,1H3. The zero-order chi connectivity index (χ0) is 33.4. The first-order valence-electron chi connectivity index (χ1n) is 17.0. The molecule has 0 radical (unpaired) electrons. The Hall–Kier alpha value is -4.52. The Balaban J connectivity index is 1.19. The molecule has 49 heavy (non-hydrogen) atoms. The Morgan fingerprint density at radius 2 is 1.37 bits per heavy atom. The molecule has 1 aliphatic rings. The molecule has 7 rings (SSSR count). The highest BCUT2D eigenvalue weighted by Crippen LogP contribution is 2.42. The van der Waals surface area contributed by atoms with Gasteiger partial charge >= 0.3 is 0 Å². The van der Waals surface area contributed by atoms with Crippen LogP contribution in [-0.2, 0) is 34.0 Å². The van der Waals surface area contributed by atoms with E-state index in [0.717, 1.165) is 56.0 Å². The third-order valence-corrected chi connectivity index (χ3v) is 10.3. The van der Waals surface area contributed by atoms with E-state index in [1.165, 1.54) is 10.1 Å². The molecule has 0 spiro atoms. The van der Waals surface area contributed by atoms with Gasteiger partial charge in [0.2, 0.25) is 0 Å². The minimum Gasteiger partial charge on any atom is -0.489 e. The fourth-order valence-electron chi connectivity index (χ4n) is 6.48. The van der Waals surface area contributed by atoms with Gasteiger partial charge < -0.3 is 18.9 Å². The summed E-state index contributed by atoms with van der Waals surface area (Å²) in [6.07, 6.45) is 1.07. The van der Waals surface area contributed by atoms with Crippen molar-refractivity contribution in [2.75, 3.05) is 6.61 Å². The van der Waals surface area contributed by atoms with E-state index >= 15 is 0 Å². The Morgan fingerprint density at radius 3 is 2.06 bits per heavy atom. The average Bonchev–Trinajstić information content (AvgIpc) is 3.59. The van der Waals surface area contributed by atoms with Gasteiger partial charge in [0.05, 0.1) is 38.1 Å². The summed E-state index contributed by atoms with van der Waals surface area (Å²) in [6.45, 7) is 8.78. The minimum absolute atomic E-state index is 0.0122. The van der Waals surface area contributed by atoms with Crippen molar-refractivity contribution < 1.29 is 18.9 Å². The van der Waals surface area contributed by atoms with Gasteiger partial charge in [-0.2, -0.15) is 0 Å². The molecule has 0 saturated carbocycles. The molecule has 0 aliphatic carbocycles. The van der Waals surface area contributed by atoms with Crippen molar-refractivity contribution in [3.63, 3.8) is 0 Å². The first kappa shape index (κ1) is 33.0. The highest BCUT2D eigenvalue weighted by atomic mass is 32.1.